The van der Waals surface area contributed by atoms with Crippen molar-refractivity contribution in [3.63, 3.8) is 0 Å². The van der Waals surface area contributed by atoms with Crippen LogP contribution in [0.2, 0.25) is 0 Å². The Bertz CT molecular complexity index is 357. The predicted molar refractivity (Wildman–Crippen MR) is 61.3 cm³/mol. The first-order valence-corrected chi connectivity index (χ1v) is 5.65. The summed E-state index contributed by atoms with van der Waals surface area (Å²) in [5, 5.41) is 3.10. The lowest BCUT2D eigenvalue weighted by Crippen LogP contribution is -2.19. The Hall–Kier alpha value is -1.25. The van der Waals surface area contributed by atoms with Gasteiger partial charge in [0.1, 0.15) is 13.2 Å². The van der Waals surface area contributed by atoms with E-state index in [4.69, 9.17) is 4.74 Å². The standard InChI is InChI=1S/C11H16F3N3O2/c1-18-3-2-15-4-9-5-16-10(17-6-9)7-19-8-11(12,13)14/h5-6,15H,2-4,7-8H2,1H3. The van der Waals surface area contributed by atoms with E-state index in [9.17, 15) is 13.2 Å². The summed E-state index contributed by atoms with van der Waals surface area (Å²) in [5.41, 5.74) is 0.843. The van der Waals surface area contributed by atoms with Gasteiger partial charge in [-0.05, 0) is 0 Å². The highest BCUT2D eigenvalue weighted by molar-refractivity contribution is 5.04. The normalized spacial score (nSPS) is 11.8. The fourth-order valence-corrected chi connectivity index (χ4v) is 1.21. The number of rotatable bonds is 8. The van der Waals surface area contributed by atoms with Gasteiger partial charge in [-0.2, -0.15) is 13.2 Å². The van der Waals surface area contributed by atoms with Crippen LogP contribution in [0.25, 0.3) is 0 Å². The highest BCUT2D eigenvalue weighted by Crippen LogP contribution is 2.14. The zero-order chi connectivity index (χ0) is 14.1. The van der Waals surface area contributed by atoms with Crippen molar-refractivity contribution in [1.82, 2.24) is 15.3 Å². The van der Waals surface area contributed by atoms with Crippen molar-refractivity contribution in [2.45, 2.75) is 19.3 Å². The van der Waals surface area contributed by atoms with Gasteiger partial charge >= 0.3 is 6.18 Å². The van der Waals surface area contributed by atoms with Crippen molar-refractivity contribution in [3.8, 4) is 0 Å². The molecule has 0 saturated carbocycles. The van der Waals surface area contributed by atoms with E-state index >= 15 is 0 Å². The van der Waals surface area contributed by atoms with Crippen LogP contribution >= 0.6 is 0 Å². The average Bonchev–Trinajstić information content (AvgIpc) is 2.35. The number of nitrogens with zero attached hydrogens (tertiary/aromatic N) is 2. The quantitative estimate of drug-likeness (QED) is 0.727. The Labute approximate surface area is 109 Å². The second-order valence-corrected chi connectivity index (χ2v) is 3.79. The Morgan fingerprint density at radius 3 is 2.53 bits per heavy atom. The highest BCUT2D eigenvalue weighted by atomic mass is 19.4. The number of hydrogen-bond donors (Lipinski definition) is 1. The maximum absolute atomic E-state index is 11.8. The van der Waals surface area contributed by atoms with Crippen molar-refractivity contribution in [2.24, 2.45) is 0 Å². The van der Waals surface area contributed by atoms with Crippen molar-refractivity contribution in [1.29, 1.82) is 0 Å². The van der Waals surface area contributed by atoms with Crippen LogP contribution in [0.1, 0.15) is 11.4 Å². The first-order chi connectivity index (χ1) is 9.01. The predicted octanol–water partition coefficient (Wildman–Crippen LogP) is 1.29. The Kier molecular flexibility index (Phi) is 6.68. The van der Waals surface area contributed by atoms with E-state index in [0.29, 0.717) is 19.7 Å². The minimum Gasteiger partial charge on any atom is -0.383 e. The van der Waals surface area contributed by atoms with Gasteiger partial charge in [0.25, 0.3) is 0 Å². The number of alkyl halides is 3. The maximum Gasteiger partial charge on any atom is 0.411 e. The molecule has 0 aromatic carbocycles. The van der Waals surface area contributed by atoms with Gasteiger partial charge in [0.2, 0.25) is 0 Å². The summed E-state index contributed by atoms with van der Waals surface area (Å²) in [4.78, 5) is 7.84. The summed E-state index contributed by atoms with van der Waals surface area (Å²) in [6.07, 6.45) is -1.22. The van der Waals surface area contributed by atoms with E-state index in [-0.39, 0.29) is 12.4 Å². The molecule has 0 bridgehead atoms. The van der Waals surface area contributed by atoms with Crippen LogP contribution in [-0.4, -0.2) is 43.0 Å². The minimum atomic E-state index is -4.33. The molecule has 8 heteroatoms. The largest absolute Gasteiger partial charge is 0.411 e. The number of halogens is 3. The van der Waals surface area contributed by atoms with Gasteiger partial charge in [-0.3, -0.25) is 0 Å². The molecule has 1 aromatic rings. The van der Waals surface area contributed by atoms with Crippen LogP contribution in [0, 0.1) is 0 Å². The molecule has 0 aliphatic carbocycles. The SMILES string of the molecule is COCCNCc1cnc(COCC(F)(F)F)nc1. The van der Waals surface area contributed by atoms with E-state index in [1.807, 2.05) is 0 Å². The zero-order valence-electron chi connectivity index (χ0n) is 10.5. The molecule has 0 aliphatic heterocycles. The van der Waals surface area contributed by atoms with Gasteiger partial charge in [-0.1, -0.05) is 0 Å². The molecule has 1 N–H and O–H groups in total. The van der Waals surface area contributed by atoms with E-state index in [2.05, 4.69) is 20.0 Å². The topological polar surface area (TPSA) is 56.3 Å². The molecule has 1 rings (SSSR count). The lowest BCUT2D eigenvalue weighted by atomic mass is 10.3. The first-order valence-electron chi connectivity index (χ1n) is 5.65. The number of ether oxygens (including phenoxy) is 2. The molecule has 108 valence electrons. The second-order valence-electron chi connectivity index (χ2n) is 3.79. The summed E-state index contributed by atoms with van der Waals surface area (Å²) >= 11 is 0. The highest BCUT2D eigenvalue weighted by Gasteiger charge is 2.27. The summed E-state index contributed by atoms with van der Waals surface area (Å²) in [6.45, 7) is 0.331. The Morgan fingerprint density at radius 2 is 1.95 bits per heavy atom. The van der Waals surface area contributed by atoms with Gasteiger partial charge in [-0.15, -0.1) is 0 Å². The molecule has 0 amide bonds. The third-order valence-electron chi connectivity index (χ3n) is 2.07. The molecule has 0 saturated heterocycles. The van der Waals surface area contributed by atoms with Crippen LogP contribution in [0.4, 0.5) is 13.2 Å². The molecule has 0 aliphatic rings. The van der Waals surface area contributed by atoms with E-state index < -0.39 is 12.8 Å². The van der Waals surface area contributed by atoms with Crippen LogP contribution in [0.3, 0.4) is 0 Å². The van der Waals surface area contributed by atoms with Crippen molar-refractivity contribution < 1.29 is 22.6 Å². The number of methoxy groups -OCH3 is 1. The molecule has 0 fully saturated rings. The lowest BCUT2D eigenvalue weighted by Gasteiger charge is -2.07. The number of aromatic nitrogens is 2. The summed E-state index contributed by atoms with van der Waals surface area (Å²) < 4.78 is 44.8. The molecule has 0 unspecified atom stereocenters. The fraction of sp³-hybridized carbons (Fsp3) is 0.636. The van der Waals surface area contributed by atoms with E-state index in [0.717, 1.165) is 5.56 Å². The zero-order valence-corrected chi connectivity index (χ0v) is 10.5. The smallest absolute Gasteiger partial charge is 0.383 e. The number of nitrogens with one attached hydrogen (secondary N) is 1. The molecule has 1 aromatic heterocycles. The fourth-order valence-electron chi connectivity index (χ4n) is 1.21. The van der Waals surface area contributed by atoms with E-state index in [1.165, 1.54) is 0 Å². The molecular weight excluding hydrogens is 263 g/mol. The van der Waals surface area contributed by atoms with Gasteiger partial charge in [0.05, 0.1) is 6.61 Å². The van der Waals surface area contributed by atoms with Gasteiger partial charge < -0.3 is 14.8 Å². The first kappa shape index (κ1) is 15.8. The second kappa shape index (κ2) is 8.03. The van der Waals surface area contributed by atoms with Crippen molar-refractivity contribution >= 4 is 0 Å². The third-order valence-corrected chi connectivity index (χ3v) is 2.07. The van der Waals surface area contributed by atoms with Gasteiger partial charge in [-0.25, -0.2) is 9.97 Å². The molecule has 0 spiro atoms. The number of hydrogen-bond acceptors (Lipinski definition) is 5. The molecule has 0 atom stereocenters. The van der Waals surface area contributed by atoms with Crippen molar-refractivity contribution in [3.05, 3.63) is 23.8 Å². The van der Waals surface area contributed by atoms with Gasteiger partial charge in [0.15, 0.2) is 5.82 Å². The van der Waals surface area contributed by atoms with Gasteiger partial charge in [0, 0.05) is 38.2 Å². The molecule has 0 radical (unpaired) electrons. The summed E-state index contributed by atoms with van der Waals surface area (Å²) in [6, 6.07) is 0. The van der Waals surface area contributed by atoms with Crippen LogP contribution in [0.15, 0.2) is 12.4 Å². The van der Waals surface area contributed by atoms with E-state index in [1.54, 1.807) is 19.5 Å². The van der Waals surface area contributed by atoms with Crippen LogP contribution < -0.4 is 5.32 Å². The minimum absolute atomic E-state index is 0.227. The molecule has 1 heterocycles. The Balaban J connectivity index is 2.27. The average molecular weight is 279 g/mol. The molecular formula is C11H16F3N3O2. The van der Waals surface area contributed by atoms with Crippen molar-refractivity contribution in [2.75, 3.05) is 26.9 Å². The monoisotopic (exact) mass is 279 g/mol. The van der Waals surface area contributed by atoms with Crippen LogP contribution in [0.5, 0.6) is 0 Å². The molecule has 5 nitrogen and oxygen atoms in total. The lowest BCUT2D eigenvalue weighted by molar-refractivity contribution is -0.177. The Morgan fingerprint density at radius 1 is 1.26 bits per heavy atom. The third kappa shape index (κ3) is 7.70. The van der Waals surface area contributed by atoms with Crippen LogP contribution in [-0.2, 0) is 22.6 Å². The molecule has 19 heavy (non-hydrogen) atoms. The maximum atomic E-state index is 11.8. The summed E-state index contributed by atoms with van der Waals surface area (Å²) in [7, 11) is 1.61. The summed E-state index contributed by atoms with van der Waals surface area (Å²) in [5.74, 6) is 0.227.